The maximum absolute atomic E-state index is 12.9. The van der Waals surface area contributed by atoms with Crippen molar-refractivity contribution in [2.45, 2.75) is 45.6 Å². The van der Waals surface area contributed by atoms with Gasteiger partial charge in [-0.1, -0.05) is 42.3 Å². The Morgan fingerprint density at radius 1 is 1.27 bits per heavy atom. The molecule has 1 aromatic carbocycles. The molecule has 1 aliphatic carbocycles. The molecule has 4 atom stereocenters. The van der Waals surface area contributed by atoms with Gasteiger partial charge in [-0.2, -0.15) is 4.90 Å². The molecule has 33 heavy (non-hydrogen) atoms. The van der Waals surface area contributed by atoms with E-state index in [4.69, 9.17) is 0 Å². The molecular formula is C25H31NO7. The third kappa shape index (κ3) is 4.72. The molecule has 0 spiro atoms. The van der Waals surface area contributed by atoms with Crippen LogP contribution in [-0.2, 0) is 14.3 Å². The molecule has 178 valence electrons. The van der Waals surface area contributed by atoms with Gasteiger partial charge in [-0.3, -0.25) is 9.59 Å². The highest BCUT2D eigenvalue weighted by Crippen LogP contribution is 2.47. The number of fused-ring (bicyclic) bond motifs is 1. The van der Waals surface area contributed by atoms with Crippen LogP contribution in [0.25, 0.3) is 6.08 Å². The highest BCUT2D eigenvalue weighted by atomic mass is 16.5. The minimum absolute atomic E-state index is 0.173. The van der Waals surface area contributed by atoms with Crippen molar-refractivity contribution in [2.75, 3.05) is 13.7 Å². The zero-order valence-electron chi connectivity index (χ0n) is 19.2. The number of phenols is 1. The average molecular weight is 458 g/mol. The van der Waals surface area contributed by atoms with Crippen molar-refractivity contribution in [3.63, 3.8) is 0 Å². The molecule has 1 aromatic rings. The number of ether oxygens (including phenoxy) is 1. The summed E-state index contributed by atoms with van der Waals surface area (Å²) in [5.74, 6) is -3.53. The minimum Gasteiger partial charge on any atom is -0.507 e. The summed E-state index contributed by atoms with van der Waals surface area (Å²) in [5.41, 5.74) is 3.06. The second-order valence-corrected chi connectivity index (χ2v) is 8.62. The number of hydrogen-bond acceptors (Lipinski definition) is 7. The van der Waals surface area contributed by atoms with E-state index in [0.29, 0.717) is 35.3 Å². The number of aliphatic hydroxyl groups is 2. The van der Waals surface area contributed by atoms with E-state index >= 15 is 0 Å². The molecule has 1 aliphatic heterocycles. The summed E-state index contributed by atoms with van der Waals surface area (Å²) >= 11 is 0. The van der Waals surface area contributed by atoms with Crippen LogP contribution >= 0.6 is 0 Å². The van der Waals surface area contributed by atoms with Gasteiger partial charge in [0, 0.05) is 11.5 Å². The average Bonchev–Trinajstić information content (AvgIpc) is 3.06. The van der Waals surface area contributed by atoms with Crippen LogP contribution in [0, 0.1) is 17.8 Å². The Kier molecular flexibility index (Phi) is 7.71. The fourth-order valence-electron chi connectivity index (χ4n) is 5.04. The van der Waals surface area contributed by atoms with Crippen LogP contribution < -0.4 is 0 Å². The summed E-state index contributed by atoms with van der Waals surface area (Å²) < 4.78 is 4.60. The van der Waals surface area contributed by atoms with E-state index in [1.807, 2.05) is 26.0 Å². The highest BCUT2D eigenvalue weighted by Gasteiger charge is 2.56. The normalized spacial score (nSPS) is 24.2. The second-order valence-electron chi connectivity index (χ2n) is 8.62. The van der Waals surface area contributed by atoms with Gasteiger partial charge in [-0.15, -0.1) is 0 Å². The van der Waals surface area contributed by atoms with Crippen LogP contribution in [0.4, 0.5) is 4.79 Å². The maximum atomic E-state index is 12.9. The first-order chi connectivity index (χ1) is 15.7. The van der Waals surface area contributed by atoms with Gasteiger partial charge in [-0.25, -0.2) is 4.79 Å². The smallest absolute Gasteiger partial charge is 0.423 e. The van der Waals surface area contributed by atoms with Crippen molar-refractivity contribution in [3.05, 3.63) is 46.5 Å². The standard InChI is InChI=1S/C25H31NO7/c1-4-15-12-17-22(24(31)26(23(17)30)25(32)33-3)18(13-27)21(15)20(29)10-9-14(2)11-16-7-5-6-8-19(16)28/h5-8,11,17-18,20,22,27-29H,4,9-10,12-13H2,1-3H3/b14-11+/t17-,18+,20-,22-/m1/s1. The number of phenolic OH excluding ortho intramolecular Hbond substituents is 1. The van der Waals surface area contributed by atoms with Crippen LogP contribution in [0.5, 0.6) is 5.75 Å². The molecular weight excluding hydrogens is 426 g/mol. The Bertz CT molecular complexity index is 996. The molecule has 3 N–H and O–H groups in total. The molecule has 0 unspecified atom stereocenters. The number of carbonyl (C=O) groups is 3. The summed E-state index contributed by atoms with van der Waals surface area (Å²) in [7, 11) is 1.10. The largest absolute Gasteiger partial charge is 0.507 e. The SMILES string of the molecule is CCC1=C([C@H](O)CC/C(C)=C/c2ccccc2O)[C@H](CO)[C@@H]2C(=O)N(C(=O)OC)C(=O)[C@@H]2C1. The Hall–Kier alpha value is -2.97. The van der Waals surface area contributed by atoms with Crippen molar-refractivity contribution in [2.24, 2.45) is 17.8 Å². The van der Waals surface area contributed by atoms with Crippen LogP contribution in [0.2, 0.25) is 0 Å². The fraction of sp³-hybridized carbons (Fsp3) is 0.480. The van der Waals surface area contributed by atoms with E-state index in [1.54, 1.807) is 18.2 Å². The van der Waals surface area contributed by atoms with Gasteiger partial charge in [0.1, 0.15) is 5.75 Å². The van der Waals surface area contributed by atoms with E-state index in [2.05, 4.69) is 4.74 Å². The lowest BCUT2D eigenvalue weighted by atomic mass is 9.67. The number of allylic oxidation sites excluding steroid dienone is 2. The molecule has 8 heteroatoms. The number of likely N-dealkylation sites (tertiary alicyclic amines) is 1. The number of methoxy groups -OCH3 is 1. The number of hydrogen-bond donors (Lipinski definition) is 3. The molecule has 3 amide bonds. The lowest BCUT2D eigenvalue weighted by Gasteiger charge is -2.36. The number of carbonyl (C=O) groups excluding carboxylic acids is 3. The van der Waals surface area contributed by atoms with Gasteiger partial charge >= 0.3 is 6.09 Å². The van der Waals surface area contributed by atoms with E-state index in [0.717, 1.165) is 18.3 Å². The first-order valence-corrected chi connectivity index (χ1v) is 11.2. The Morgan fingerprint density at radius 3 is 2.58 bits per heavy atom. The van der Waals surface area contributed by atoms with Gasteiger partial charge in [0.2, 0.25) is 11.8 Å². The van der Waals surface area contributed by atoms with Crippen LogP contribution in [0.1, 0.15) is 45.1 Å². The van der Waals surface area contributed by atoms with Gasteiger partial charge in [-0.05, 0) is 44.2 Å². The maximum Gasteiger partial charge on any atom is 0.423 e. The molecule has 8 nitrogen and oxygen atoms in total. The van der Waals surface area contributed by atoms with Crippen LogP contribution in [-0.4, -0.2) is 57.9 Å². The van der Waals surface area contributed by atoms with Crippen LogP contribution in [0.15, 0.2) is 41.0 Å². The minimum atomic E-state index is -1.03. The molecule has 0 bridgehead atoms. The quantitative estimate of drug-likeness (QED) is 0.425. The van der Waals surface area contributed by atoms with E-state index in [1.165, 1.54) is 0 Å². The van der Waals surface area contributed by atoms with E-state index < -0.39 is 48.4 Å². The van der Waals surface area contributed by atoms with E-state index in [9.17, 15) is 29.7 Å². The third-order valence-electron chi connectivity index (χ3n) is 6.67. The summed E-state index contributed by atoms with van der Waals surface area (Å²) in [6.07, 6.45) is 1.61. The van der Waals surface area contributed by atoms with Crippen molar-refractivity contribution >= 4 is 24.0 Å². The molecule has 1 fully saturated rings. The molecule has 0 saturated carbocycles. The van der Waals surface area contributed by atoms with Crippen molar-refractivity contribution < 1.29 is 34.4 Å². The third-order valence-corrected chi connectivity index (χ3v) is 6.67. The van der Waals surface area contributed by atoms with Crippen molar-refractivity contribution in [3.8, 4) is 5.75 Å². The van der Waals surface area contributed by atoms with Crippen LogP contribution in [0.3, 0.4) is 0 Å². The zero-order valence-corrected chi connectivity index (χ0v) is 19.2. The predicted molar refractivity (Wildman–Crippen MR) is 121 cm³/mol. The number of aromatic hydroxyl groups is 1. The molecule has 1 saturated heterocycles. The number of nitrogens with zero attached hydrogens (tertiary/aromatic N) is 1. The second kappa shape index (κ2) is 10.3. The monoisotopic (exact) mass is 457 g/mol. The van der Waals surface area contributed by atoms with Gasteiger partial charge in [0.15, 0.2) is 0 Å². The molecule has 3 rings (SSSR count). The number of para-hydroxylation sites is 1. The lowest BCUT2D eigenvalue weighted by molar-refractivity contribution is -0.137. The molecule has 0 aromatic heterocycles. The fourth-order valence-corrected chi connectivity index (χ4v) is 5.04. The lowest BCUT2D eigenvalue weighted by Crippen LogP contribution is -2.40. The zero-order chi connectivity index (χ0) is 24.3. The molecule has 2 aliphatic rings. The summed E-state index contributed by atoms with van der Waals surface area (Å²) in [4.78, 5) is 38.2. The molecule has 1 heterocycles. The van der Waals surface area contributed by atoms with Crippen molar-refractivity contribution in [1.29, 1.82) is 0 Å². The van der Waals surface area contributed by atoms with Gasteiger partial charge < -0.3 is 20.1 Å². The Balaban J connectivity index is 1.83. The number of rotatable bonds is 7. The molecule has 0 radical (unpaired) electrons. The first-order valence-electron chi connectivity index (χ1n) is 11.2. The number of benzene rings is 1. The summed E-state index contributed by atoms with van der Waals surface area (Å²) in [6.45, 7) is 3.39. The Labute approximate surface area is 193 Å². The summed E-state index contributed by atoms with van der Waals surface area (Å²) in [6, 6.07) is 6.97. The number of imide groups is 3. The topological polar surface area (TPSA) is 124 Å². The first kappa shape index (κ1) is 24.7. The van der Waals surface area contributed by atoms with Gasteiger partial charge in [0.05, 0.1) is 31.7 Å². The Morgan fingerprint density at radius 2 is 1.97 bits per heavy atom. The summed E-state index contributed by atoms with van der Waals surface area (Å²) in [5, 5.41) is 31.2. The van der Waals surface area contributed by atoms with E-state index in [-0.39, 0.29) is 12.2 Å². The highest BCUT2D eigenvalue weighted by molar-refractivity contribution is 6.15. The number of amides is 3. The number of aliphatic hydroxyl groups excluding tert-OH is 2. The van der Waals surface area contributed by atoms with Gasteiger partial charge in [0.25, 0.3) is 0 Å². The predicted octanol–water partition coefficient (Wildman–Crippen LogP) is 3.02. The van der Waals surface area contributed by atoms with Crippen molar-refractivity contribution in [1.82, 2.24) is 4.90 Å².